The number of aliphatic hydroxyl groups excluding tert-OH is 1. The highest BCUT2D eigenvalue weighted by molar-refractivity contribution is 7.89. The van der Waals surface area contributed by atoms with Crippen molar-refractivity contribution < 1.29 is 18.3 Å². The van der Waals surface area contributed by atoms with Crippen molar-refractivity contribution in [3.63, 3.8) is 0 Å². The number of likely N-dealkylation sites (N-methyl/N-ethyl adjacent to an activating group) is 1. The van der Waals surface area contributed by atoms with Gasteiger partial charge in [0.25, 0.3) is 0 Å². The van der Waals surface area contributed by atoms with Crippen molar-refractivity contribution in [3.05, 3.63) is 59.7 Å². The predicted octanol–water partition coefficient (Wildman–Crippen LogP) is 3.59. The lowest BCUT2D eigenvalue weighted by atomic mass is 10.0. The van der Waals surface area contributed by atoms with Crippen LogP contribution in [0.25, 0.3) is 0 Å². The molecule has 1 heterocycles. The van der Waals surface area contributed by atoms with E-state index in [1.54, 1.807) is 25.1 Å². The first-order chi connectivity index (χ1) is 16.1. The van der Waals surface area contributed by atoms with Gasteiger partial charge in [-0.3, -0.25) is 4.90 Å². The number of rotatable bonds is 6. The van der Waals surface area contributed by atoms with E-state index in [4.69, 9.17) is 4.74 Å². The Bertz CT molecular complexity index is 1120. The molecule has 0 radical (unpaired) electrons. The first-order valence-electron chi connectivity index (χ1n) is 11.8. The van der Waals surface area contributed by atoms with E-state index in [1.165, 1.54) is 9.87 Å². The zero-order chi connectivity index (χ0) is 24.9. The fourth-order valence-electron chi connectivity index (χ4n) is 4.02. The van der Waals surface area contributed by atoms with Gasteiger partial charge in [-0.1, -0.05) is 62.9 Å². The van der Waals surface area contributed by atoms with Gasteiger partial charge in [0.2, 0.25) is 10.0 Å². The third-order valence-corrected chi connectivity index (χ3v) is 7.98. The van der Waals surface area contributed by atoms with E-state index in [2.05, 4.69) is 28.9 Å². The molecular weight excluding hydrogens is 448 g/mol. The molecule has 0 spiro atoms. The van der Waals surface area contributed by atoms with Gasteiger partial charge in [0.1, 0.15) is 16.7 Å². The smallest absolute Gasteiger partial charge is 0.247 e. The predicted molar refractivity (Wildman–Crippen MR) is 135 cm³/mol. The maximum Gasteiger partial charge on any atom is 0.247 e. The Morgan fingerprint density at radius 2 is 1.88 bits per heavy atom. The zero-order valence-corrected chi connectivity index (χ0v) is 21.5. The Hall–Kier alpha value is -2.37. The molecule has 0 bridgehead atoms. The van der Waals surface area contributed by atoms with E-state index >= 15 is 0 Å². The largest absolute Gasteiger partial charge is 0.487 e. The van der Waals surface area contributed by atoms with E-state index < -0.39 is 16.1 Å². The average molecular weight is 485 g/mol. The number of benzene rings is 2. The number of aliphatic hydroxyl groups is 1. The Morgan fingerprint density at radius 3 is 2.53 bits per heavy atom. The van der Waals surface area contributed by atoms with Gasteiger partial charge in [-0.25, -0.2) is 8.42 Å². The first-order valence-corrected chi connectivity index (χ1v) is 13.2. The average Bonchev–Trinajstić information content (AvgIpc) is 2.80. The van der Waals surface area contributed by atoms with Crippen LogP contribution in [0.2, 0.25) is 0 Å². The molecule has 0 aliphatic carbocycles. The van der Waals surface area contributed by atoms with E-state index in [0.717, 1.165) is 6.54 Å². The summed E-state index contributed by atoms with van der Waals surface area (Å²) in [7, 11) is -1.81. The minimum absolute atomic E-state index is 0.0967. The topological polar surface area (TPSA) is 70.1 Å². The fraction of sp³-hybridized carbons (Fsp3) is 0.481. The maximum atomic E-state index is 13.6. The summed E-state index contributed by atoms with van der Waals surface area (Å²) < 4.78 is 34.9. The zero-order valence-electron chi connectivity index (χ0n) is 20.7. The molecule has 7 heteroatoms. The number of nitrogens with zero attached hydrogens (tertiary/aromatic N) is 2. The Balaban J connectivity index is 1.99. The first kappa shape index (κ1) is 26.2. The quantitative estimate of drug-likeness (QED) is 0.635. The number of fused-ring (bicyclic) bond motifs is 1. The van der Waals surface area contributed by atoms with E-state index in [9.17, 15) is 13.5 Å². The van der Waals surface area contributed by atoms with Crippen LogP contribution in [-0.2, 0) is 16.6 Å². The summed E-state index contributed by atoms with van der Waals surface area (Å²) in [5.74, 6) is 6.66. The van der Waals surface area contributed by atoms with Gasteiger partial charge in [0.05, 0.1) is 6.61 Å². The molecule has 1 aliphatic rings. The lowest BCUT2D eigenvalue weighted by Gasteiger charge is -2.37. The second-order valence-electron chi connectivity index (χ2n) is 9.51. The SMILES string of the molecule is CC(C)C#Cc1ccc2c(c1)O[C@H](CN(C)Cc1ccccc1)[C@@H](C)CN([C@@H](C)CO)S2(=O)=O. The number of hydrogen-bond acceptors (Lipinski definition) is 5. The molecule has 3 rings (SSSR count). The lowest BCUT2D eigenvalue weighted by molar-refractivity contribution is 0.0733. The van der Waals surface area contributed by atoms with Gasteiger partial charge < -0.3 is 9.84 Å². The summed E-state index contributed by atoms with van der Waals surface area (Å²) in [6.07, 6.45) is -0.246. The molecule has 2 aromatic rings. The molecule has 0 fully saturated rings. The minimum Gasteiger partial charge on any atom is -0.487 e. The molecule has 34 heavy (non-hydrogen) atoms. The minimum atomic E-state index is -3.85. The third-order valence-electron chi connectivity index (χ3n) is 5.96. The number of hydrogen-bond donors (Lipinski definition) is 1. The Kier molecular flexibility index (Phi) is 8.78. The van der Waals surface area contributed by atoms with Crippen molar-refractivity contribution >= 4 is 10.0 Å². The van der Waals surface area contributed by atoms with Crippen LogP contribution in [0.15, 0.2) is 53.4 Å². The molecule has 3 atom stereocenters. The molecule has 0 saturated heterocycles. The standard InChI is InChI=1S/C27H36N2O4S/c1-20(2)11-12-23-13-14-27-25(15-23)33-26(18-28(5)17-24-9-7-6-8-10-24)21(3)16-29(22(4)19-30)34(27,31)32/h6-10,13-15,20-22,26,30H,16-19H2,1-5H3/t21-,22-,26+/m0/s1. The van der Waals surface area contributed by atoms with Crippen LogP contribution < -0.4 is 4.74 Å². The van der Waals surface area contributed by atoms with Crippen molar-refractivity contribution in [2.24, 2.45) is 11.8 Å². The van der Waals surface area contributed by atoms with Crippen molar-refractivity contribution in [1.82, 2.24) is 9.21 Å². The van der Waals surface area contributed by atoms with Crippen molar-refractivity contribution in [3.8, 4) is 17.6 Å². The summed E-state index contributed by atoms with van der Waals surface area (Å²) in [5.41, 5.74) is 1.92. The normalized spacial score (nSPS) is 21.1. The van der Waals surface area contributed by atoms with Gasteiger partial charge >= 0.3 is 0 Å². The summed E-state index contributed by atoms with van der Waals surface area (Å²) in [5, 5.41) is 9.79. The molecule has 0 aromatic heterocycles. The van der Waals surface area contributed by atoms with Gasteiger partial charge in [0, 0.05) is 43.1 Å². The Morgan fingerprint density at radius 1 is 1.18 bits per heavy atom. The van der Waals surface area contributed by atoms with Crippen LogP contribution in [0.5, 0.6) is 5.75 Å². The lowest BCUT2D eigenvalue weighted by Crippen LogP contribution is -2.49. The molecule has 2 aromatic carbocycles. The highest BCUT2D eigenvalue weighted by Gasteiger charge is 2.38. The highest BCUT2D eigenvalue weighted by Crippen LogP contribution is 2.34. The van der Waals surface area contributed by atoms with Crippen LogP contribution in [0.1, 0.15) is 38.8 Å². The number of sulfonamides is 1. The van der Waals surface area contributed by atoms with Crippen LogP contribution in [0.4, 0.5) is 0 Å². The van der Waals surface area contributed by atoms with Crippen molar-refractivity contribution in [2.45, 2.75) is 51.3 Å². The van der Waals surface area contributed by atoms with Gasteiger partial charge in [-0.2, -0.15) is 4.31 Å². The van der Waals surface area contributed by atoms with E-state index in [-0.39, 0.29) is 36.0 Å². The molecule has 184 valence electrons. The molecule has 6 nitrogen and oxygen atoms in total. The van der Waals surface area contributed by atoms with Crippen molar-refractivity contribution in [1.29, 1.82) is 0 Å². The molecule has 0 unspecified atom stereocenters. The molecule has 1 N–H and O–H groups in total. The maximum absolute atomic E-state index is 13.6. The molecule has 0 amide bonds. The van der Waals surface area contributed by atoms with Crippen molar-refractivity contribution in [2.75, 3.05) is 26.7 Å². The second-order valence-corrected chi connectivity index (χ2v) is 11.4. The molecular formula is C27H36N2O4S. The highest BCUT2D eigenvalue weighted by atomic mass is 32.2. The van der Waals surface area contributed by atoms with Crippen LogP contribution in [0, 0.1) is 23.7 Å². The van der Waals surface area contributed by atoms with Crippen LogP contribution in [-0.4, -0.2) is 61.6 Å². The number of ether oxygens (including phenoxy) is 1. The summed E-state index contributed by atoms with van der Waals surface area (Å²) in [6.45, 7) is 9.15. The van der Waals surface area contributed by atoms with Gasteiger partial charge in [-0.15, -0.1) is 0 Å². The fourth-order valence-corrected chi connectivity index (χ4v) is 5.84. The van der Waals surface area contributed by atoms with E-state index in [1.807, 2.05) is 46.0 Å². The summed E-state index contributed by atoms with van der Waals surface area (Å²) in [4.78, 5) is 2.31. The third kappa shape index (κ3) is 6.39. The summed E-state index contributed by atoms with van der Waals surface area (Å²) >= 11 is 0. The van der Waals surface area contributed by atoms with E-state index in [0.29, 0.717) is 17.9 Å². The van der Waals surface area contributed by atoms with Gasteiger partial charge in [-0.05, 0) is 37.7 Å². The summed E-state index contributed by atoms with van der Waals surface area (Å²) in [6, 6.07) is 14.7. The van der Waals surface area contributed by atoms with Crippen LogP contribution in [0.3, 0.4) is 0 Å². The monoisotopic (exact) mass is 484 g/mol. The van der Waals surface area contributed by atoms with Crippen LogP contribution >= 0.6 is 0 Å². The molecule has 1 aliphatic heterocycles. The Labute approximate surface area is 204 Å². The molecule has 0 saturated carbocycles. The van der Waals surface area contributed by atoms with Gasteiger partial charge in [0.15, 0.2) is 0 Å². The second kappa shape index (κ2) is 11.4.